The van der Waals surface area contributed by atoms with E-state index in [2.05, 4.69) is 15.3 Å². The Kier molecular flexibility index (Phi) is 4.28. The van der Waals surface area contributed by atoms with E-state index in [4.69, 9.17) is 16.3 Å². The summed E-state index contributed by atoms with van der Waals surface area (Å²) in [5.41, 5.74) is 0.715. The molecule has 2 aromatic rings. The van der Waals surface area contributed by atoms with Gasteiger partial charge in [0.05, 0.1) is 11.2 Å². The number of halogens is 1. The highest BCUT2D eigenvalue weighted by Crippen LogP contribution is 2.32. The molecule has 1 aromatic heterocycles. The minimum atomic E-state index is 0.463. The quantitative estimate of drug-likeness (QED) is 0.684. The molecule has 0 amide bonds. The van der Waals surface area contributed by atoms with Gasteiger partial charge in [-0.1, -0.05) is 35.5 Å². The van der Waals surface area contributed by atoms with Crippen LogP contribution >= 0.6 is 23.4 Å². The average Bonchev–Trinajstić information content (AvgIpc) is 2.41. The first-order valence-corrected chi connectivity index (χ1v) is 6.86. The second-order valence-corrected chi connectivity index (χ2v) is 4.54. The summed E-state index contributed by atoms with van der Waals surface area (Å²) in [5.74, 6) is 1.03. The van der Waals surface area contributed by atoms with Crippen molar-refractivity contribution < 1.29 is 4.74 Å². The van der Waals surface area contributed by atoms with E-state index in [1.54, 1.807) is 25.4 Å². The number of para-hydroxylation sites is 1. The molecule has 0 spiro atoms. The van der Waals surface area contributed by atoms with Crippen LogP contribution in [0.15, 0.2) is 35.6 Å². The Bertz CT molecular complexity index is 551. The lowest BCUT2D eigenvalue weighted by atomic mass is 10.3. The van der Waals surface area contributed by atoms with Crippen molar-refractivity contribution in [2.24, 2.45) is 0 Å². The van der Waals surface area contributed by atoms with E-state index >= 15 is 0 Å². The van der Waals surface area contributed by atoms with Crippen molar-refractivity contribution in [2.45, 2.75) is 5.16 Å². The lowest BCUT2D eigenvalue weighted by Crippen LogP contribution is -1.99. The van der Waals surface area contributed by atoms with Gasteiger partial charge in [0, 0.05) is 7.05 Å². The van der Waals surface area contributed by atoms with Gasteiger partial charge in [0.2, 0.25) is 5.88 Å². The molecule has 94 valence electrons. The molecule has 1 aromatic carbocycles. The third-order valence-electron chi connectivity index (χ3n) is 2.23. The predicted molar refractivity (Wildman–Crippen MR) is 74.9 cm³/mol. The number of anilines is 1. The first kappa shape index (κ1) is 13.0. The summed E-state index contributed by atoms with van der Waals surface area (Å²) >= 11 is 7.50. The molecule has 0 aliphatic rings. The Morgan fingerprint density at radius 2 is 2.11 bits per heavy atom. The Morgan fingerprint density at radius 3 is 2.78 bits per heavy atom. The fourth-order valence-corrected chi connectivity index (χ4v) is 1.84. The maximum absolute atomic E-state index is 6.05. The topological polar surface area (TPSA) is 47.0 Å². The molecule has 0 saturated carbocycles. The van der Waals surface area contributed by atoms with Crippen molar-refractivity contribution in [3.8, 4) is 11.6 Å². The van der Waals surface area contributed by atoms with Crippen LogP contribution in [0.3, 0.4) is 0 Å². The number of ether oxygens (including phenoxy) is 1. The maximum atomic E-state index is 6.05. The third kappa shape index (κ3) is 2.86. The zero-order valence-corrected chi connectivity index (χ0v) is 11.5. The van der Waals surface area contributed by atoms with Crippen LogP contribution in [0.4, 0.5) is 5.69 Å². The Hall–Kier alpha value is -1.46. The molecule has 1 N–H and O–H groups in total. The highest BCUT2D eigenvalue weighted by molar-refractivity contribution is 7.98. The molecule has 0 fully saturated rings. The average molecular weight is 282 g/mol. The van der Waals surface area contributed by atoms with E-state index in [0.717, 1.165) is 0 Å². The van der Waals surface area contributed by atoms with Gasteiger partial charge in [-0.2, -0.15) is 4.98 Å². The number of benzene rings is 1. The number of hydrogen-bond donors (Lipinski definition) is 1. The van der Waals surface area contributed by atoms with Gasteiger partial charge in [-0.25, -0.2) is 4.98 Å². The summed E-state index contributed by atoms with van der Waals surface area (Å²) in [6.07, 6.45) is 3.60. The Morgan fingerprint density at radius 1 is 1.33 bits per heavy atom. The van der Waals surface area contributed by atoms with E-state index in [1.165, 1.54) is 11.8 Å². The summed E-state index contributed by atoms with van der Waals surface area (Å²) in [4.78, 5) is 8.48. The zero-order chi connectivity index (χ0) is 13.0. The standard InChI is InChI=1S/C12H12ClN3OS/c1-14-9-7-15-12(18-2)16-11(9)17-10-6-4-3-5-8(10)13/h3-7,14H,1-2H3. The molecule has 0 bridgehead atoms. The van der Waals surface area contributed by atoms with E-state index in [0.29, 0.717) is 27.5 Å². The second kappa shape index (κ2) is 5.93. The normalized spacial score (nSPS) is 10.2. The maximum Gasteiger partial charge on any atom is 0.247 e. The molecule has 4 nitrogen and oxygen atoms in total. The molecule has 0 aliphatic carbocycles. The fraction of sp³-hybridized carbons (Fsp3) is 0.167. The number of nitrogens with one attached hydrogen (secondary N) is 1. The summed E-state index contributed by atoms with van der Waals surface area (Å²) in [7, 11) is 1.79. The summed E-state index contributed by atoms with van der Waals surface area (Å²) in [6, 6.07) is 7.27. The van der Waals surface area contributed by atoms with Crippen LogP contribution in [-0.2, 0) is 0 Å². The Labute approximate surface area is 115 Å². The monoisotopic (exact) mass is 281 g/mol. The van der Waals surface area contributed by atoms with Crippen LogP contribution in [0.2, 0.25) is 5.02 Å². The molecule has 6 heteroatoms. The van der Waals surface area contributed by atoms with Crippen LogP contribution in [0.1, 0.15) is 0 Å². The number of nitrogens with zero attached hydrogens (tertiary/aromatic N) is 2. The smallest absolute Gasteiger partial charge is 0.247 e. The molecule has 1 heterocycles. The van der Waals surface area contributed by atoms with Gasteiger partial charge in [-0.05, 0) is 18.4 Å². The minimum absolute atomic E-state index is 0.463. The molecule has 0 saturated heterocycles. The highest BCUT2D eigenvalue weighted by Gasteiger charge is 2.10. The van der Waals surface area contributed by atoms with E-state index in [9.17, 15) is 0 Å². The summed E-state index contributed by atoms with van der Waals surface area (Å²) in [6.45, 7) is 0. The third-order valence-corrected chi connectivity index (χ3v) is 3.10. The SMILES string of the molecule is CNc1cnc(SC)nc1Oc1ccccc1Cl. The van der Waals surface area contributed by atoms with Crippen molar-refractivity contribution >= 4 is 29.1 Å². The minimum Gasteiger partial charge on any atom is -0.435 e. The lowest BCUT2D eigenvalue weighted by molar-refractivity contribution is 0.458. The molecule has 2 rings (SSSR count). The lowest BCUT2D eigenvalue weighted by Gasteiger charge is -2.10. The van der Waals surface area contributed by atoms with Gasteiger partial charge in [-0.3, -0.25) is 0 Å². The van der Waals surface area contributed by atoms with Crippen LogP contribution in [0.5, 0.6) is 11.6 Å². The molecular weight excluding hydrogens is 270 g/mol. The number of rotatable bonds is 4. The van der Waals surface area contributed by atoms with Crippen LogP contribution in [-0.4, -0.2) is 23.3 Å². The molecule has 18 heavy (non-hydrogen) atoms. The number of aromatic nitrogens is 2. The second-order valence-electron chi connectivity index (χ2n) is 3.36. The van der Waals surface area contributed by atoms with Gasteiger partial charge in [0.1, 0.15) is 11.4 Å². The molecule has 0 atom stereocenters. The van der Waals surface area contributed by atoms with Gasteiger partial charge >= 0.3 is 0 Å². The zero-order valence-electron chi connectivity index (χ0n) is 9.98. The van der Waals surface area contributed by atoms with Crippen LogP contribution in [0, 0.1) is 0 Å². The highest BCUT2D eigenvalue weighted by atomic mass is 35.5. The van der Waals surface area contributed by atoms with Gasteiger partial charge in [-0.15, -0.1) is 0 Å². The van der Waals surface area contributed by atoms with Crippen molar-refractivity contribution in [1.29, 1.82) is 0 Å². The largest absolute Gasteiger partial charge is 0.435 e. The van der Waals surface area contributed by atoms with Crippen molar-refractivity contribution in [3.63, 3.8) is 0 Å². The molecule has 0 aliphatic heterocycles. The molecule has 0 radical (unpaired) electrons. The van der Waals surface area contributed by atoms with E-state index in [1.807, 2.05) is 18.4 Å². The van der Waals surface area contributed by atoms with Crippen molar-refractivity contribution in [3.05, 3.63) is 35.5 Å². The summed E-state index contributed by atoms with van der Waals surface area (Å²) < 4.78 is 5.71. The fourth-order valence-electron chi connectivity index (χ4n) is 1.33. The van der Waals surface area contributed by atoms with E-state index in [-0.39, 0.29) is 0 Å². The van der Waals surface area contributed by atoms with Gasteiger partial charge in [0.15, 0.2) is 5.16 Å². The van der Waals surface area contributed by atoms with E-state index < -0.39 is 0 Å². The van der Waals surface area contributed by atoms with Gasteiger partial charge in [0.25, 0.3) is 0 Å². The number of hydrogen-bond acceptors (Lipinski definition) is 5. The van der Waals surface area contributed by atoms with Crippen LogP contribution in [0.25, 0.3) is 0 Å². The molecule has 0 unspecified atom stereocenters. The number of thioether (sulfide) groups is 1. The Balaban J connectivity index is 2.35. The first-order chi connectivity index (χ1) is 8.74. The van der Waals surface area contributed by atoms with Gasteiger partial charge < -0.3 is 10.1 Å². The van der Waals surface area contributed by atoms with Crippen LogP contribution < -0.4 is 10.1 Å². The summed E-state index contributed by atoms with van der Waals surface area (Å²) in [5, 5.41) is 4.18. The predicted octanol–water partition coefficient (Wildman–Crippen LogP) is 3.69. The van der Waals surface area contributed by atoms with Crippen molar-refractivity contribution in [1.82, 2.24) is 9.97 Å². The molecular formula is C12H12ClN3OS. The van der Waals surface area contributed by atoms with Crippen molar-refractivity contribution in [2.75, 3.05) is 18.6 Å². The first-order valence-electron chi connectivity index (χ1n) is 5.25.